The highest BCUT2D eigenvalue weighted by atomic mass is 32.1. The van der Waals surface area contributed by atoms with Gasteiger partial charge in [-0.3, -0.25) is 14.8 Å². The minimum atomic E-state index is -0.203. The predicted molar refractivity (Wildman–Crippen MR) is 133 cm³/mol. The molecule has 0 atom stereocenters. The van der Waals surface area contributed by atoms with E-state index in [0.717, 1.165) is 38.8 Å². The first-order chi connectivity index (χ1) is 16.8. The van der Waals surface area contributed by atoms with Crippen LogP contribution in [0.5, 0.6) is 0 Å². The number of hydrogen-bond acceptors (Lipinski definition) is 6. The highest BCUT2D eigenvalue weighted by Crippen LogP contribution is 2.24. The Kier molecular flexibility index (Phi) is 6.31. The number of amides is 1. The zero-order chi connectivity index (χ0) is 23.2. The third-order valence-corrected chi connectivity index (χ3v) is 5.90. The molecule has 5 aromatic rings. The quantitative estimate of drug-likeness (QED) is 0.350. The second kappa shape index (κ2) is 10.0. The molecule has 0 aliphatic heterocycles. The van der Waals surface area contributed by atoms with Crippen molar-refractivity contribution < 1.29 is 4.79 Å². The van der Waals surface area contributed by atoms with Gasteiger partial charge in [0.1, 0.15) is 10.7 Å². The third-order valence-electron chi connectivity index (χ3n) is 5.05. The molecule has 1 aromatic carbocycles. The number of para-hydroxylation sites is 1. The molecule has 1 amide bonds. The summed E-state index contributed by atoms with van der Waals surface area (Å²) in [4.78, 5) is 25.3. The van der Waals surface area contributed by atoms with Crippen LogP contribution in [0.2, 0.25) is 0 Å². The zero-order valence-electron chi connectivity index (χ0n) is 18.1. The standard InChI is InChI=1S/C26H20N6OS/c33-24(29-16-25-30-23(18-34-25)19-10-13-27-14-11-19)9-8-21-17-32(22-6-2-1-3-7-22)31-26(21)20-5-4-12-28-15-20/h1-15,17-18H,16H2,(H,29,33)/b9-8+. The van der Waals surface area contributed by atoms with E-state index in [-0.39, 0.29) is 5.91 Å². The van der Waals surface area contributed by atoms with Crippen LogP contribution in [0.1, 0.15) is 10.6 Å². The minimum absolute atomic E-state index is 0.203. The lowest BCUT2D eigenvalue weighted by atomic mass is 10.1. The maximum absolute atomic E-state index is 12.5. The van der Waals surface area contributed by atoms with Crippen molar-refractivity contribution in [3.05, 3.63) is 108 Å². The van der Waals surface area contributed by atoms with Gasteiger partial charge < -0.3 is 5.32 Å². The molecule has 0 saturated heterocycles. The van der Waals surface area contributed by atoms with Gasteiger partial charge in [-0.2, -0.15) is 5.10 Å². The van der Waals surface area contributed by atoms with Gasteiger partial charge in [0.25, 0.3) is 0 Å². The van der Waals surface area contributed by atoms with E-state index < -0.39 is 0 Å². The van der Waals surface area contributed by atoms with E-state index in [4.69, 9.17) is 5.10 Å². The van der Waals surface area contributed by atoms with E-state index in [0.29, 0.717) is 6.54 Å². The molecule has 0 aliphatic rings. The Morgan fingerprint density at radius 1 is 0.971 bits per heavy atom. The SMILES string of the molecule is O=C(/C=C/c1cn(-c2ccccc2)nc1-c1cccnc1)NCc1nc(-c2ccncc2)cs1. The molecule has 0 aliphatic carbocycles. The van der Waals surface area contributed by atoms with Crippen molar-refractivity contribution in [1.29, 1.82) is 0 Å². The summed E-state index contributed by atoms with van der Waals surface area (Å²) >= 11 is 1.51. The summed E-state index contributed by atoms with van der Waals surface area (Å²) in [6.07, 6.45) is 12.2. The van der Waals surface area contributed by atoms with E-state index >= 15 is 0 Å². The summed E-state index contributed by atoms with van der Waals surface area (Å²) in [5.41, 5.74) is 5.27. The molecule has 0 spiro atoms. The molecule has 5 rings (SSSR count). The van der Waals surface area contributed by atoms with E-state index in [2.05, 4.69) is 20.3 Å². The van der Waals surface area contributed by atoms with E-state index in [9.17, 15) is 4.79 Å². The van der Waals surface area contributed by atoms with Gasteiger partial charge in [-0.05, 0) is 42.5 Å². The van der Waals surface area contributed by atoms with Crippen LogP contribution in [0.15, 0.2) is 97.0 Å². The molecular formula is C26H20N6OS. The number of aromatic nitrogens is 5. The number of thiazole rings is 1. The van der Waals surface area contributed by atoms with Crippen molar-refractivity contribution in [3.8, 4) is 28.2 Å². The number of hydrogen-bond donors (Lipinski definition) is 1. The van der Waals surface area contributed by atoms with Gasteiger partial charge in [0.15, 0.2) is 0 Å². The van der Waals surface area contributed by atoms with Gasteiger partial charge >= 0.3 is 0 Å². The van der Waals surface area contributed by atoms with Crippen molar-refractivity contribution in [2.45, 2.75) is 6.54 Å². The average molecular weight is 465 g/mol. The fraction of sp³-hybridized carbons (Fsp3) is 0.0385. The van der Waals surface area contributed by atoms with Crippen LogP contribution in [0, 0.1) is 0 Å². The van der Waals surface area contributed by atoms with E-state index in [1.165, 1.54) is 17.4 Å². The minimum Gasteiger partial charge on any atom is -0.346 e. The Balaban J connectivity index is 1.31. The molecule has 1 N–H and O–H groups in total. The Morgan fingerprint density at radius 2 is 1.82 bits per heavy atom. The normalized spacial score (nSPS) is 11.1. The molecule has 34 heavy (non-hydrogen) atoms. The van der Waals surface area contributed by atoms with Gasteiger partial charge in [-0.1, -0.05) is 18.2 Å². The van der Waals surface area contributed by atoms with Crippen LogP contribution in [-0.2, 0) is 11.3 Å². The molecule has 0 bridgehead atoms. The summed E-state index contributed by atoms with van der Waals surface area (Å²) in [7, 11) is 0. The molecule has 4 heterocycles. The monoisotopic (exact) mass is 464 g/mol. The van der Waals surface area contributed by atoms with Crippen molar-refractivity contribution in [3.63, 3.8) is 0 Å². The smallest absolute Gasteiger partial charge is 0.244 e. The molecule has 7 nitrogen and oxygen atoms in total. The van der Waals surface area contributed by atoms with Crippen molar-refractivity contribution in [2.75, 3.05) is 0 Å². The molecule has 0 fully saturated rings. The van der Waals surface area contributed by atoms with Gasteiger partial charge in [-0.25, -0.2) is 9.67 Å². The number of rotatable bonds is 7. The summed E-state index contributed by atoms with van der Waals surface area (Å²) in [5.74, 6) is -0.203. The summed E-state index contributed by atoms with van der Waals surface area (Å²) in [6.45, 7) is 0.359. The van der Waals surface area contributed by atoms with Crippen LogP contribution in [0.25, 0.3) is 34.3 Å². The van der Waals surface area contributed by atoms with Gasteiger partial charge in [0.2, 0.25) is 5.91 Å². The number of carbonyl (C=O) groups is 1. The number of carbonyl (C=O) groups excluding carboxylic acids is 1. The van der Waals surface area contributed by atoms with E-state index in [1.807, 2.05) is 66.2 Å². The predicted octanol–water partition coefficient (Wildman–Crippen LogP) is 4.78. The summed E-state index contributed by atoms with van der Waals surface area (Å²) < 4.78 is 1.80. The molecule has 4 aromatic heterocycles. The van der Waals surface area contributed by atoms with Crippen molar-refractivity contribution in [1.82, 2.24) is 30.0 Å². The molecule has 8 heteroatoms. The maximum Gasteiger partial charge on any atom is 0.244 e. The lowest BCUT2D eigenvalue weighted by molar-refractivity contribution is -0.116. The Morgan fingerprint density at radius 3 is 2.62 bits per heavy atom. The molecule has 0 radical (unpaired) electrons. The van der Waals surface area contributed by atoms with Crippen LogP contribution in [0.3, 0.4) is 0 Å². The fourth-order valence-corrected chi connectivity index (χ4v) is 4.13. The fourth-order valence-electron chi connectivity index (χ4n) is 3.38. The zero-order valence-corrected chi connectivity index (χ0v) is 18.9. The maximum atomic E-state index is 12.5. The number of nitrogens with one attached hydrogen (secondary N) is 1. The van der Waals surface area contributed by atoms with Gasteiger partial charge in [0, 0.05) is 59.1 Å². The Bertz CT molecular complexity index is 1410. The first-order valence-electron chi connectivity index (χ1n) is 10.6. The average Bonchev–Trinajstić information content (AvgIpc) is 3.55. The molecule has 0 saturated carbocycles. The molecule has 0 unspecified atom stereocenters. The lowest BCUT2D eigenvalue weighted by Gasteiger charge is -2.00. The first-order valence-corrected chi connectivity index (χ1v) is 11.5. The summed E-state index contributed by atoms with van der Waals surface area (Å²) in [5, 5.41) is 10.4. The van der Waals surface area contributed by atoms with Crippen molar-refractivity contribution >= 4 is 23.3 Å². The van der Waals surface area contributed by atoms with Crippen LogP contribution in [0.4, 0.5) is 0 Å². The van der Waals surface area contributed by atoms with E-state index in [1.54, 1.807) is 35.5 Å². The highest BCUT2D eigenvalue weighted by Gasteiger charge is 2.11. The number of benzene rings is 1. The largest absolute Gasteiger partial charge is 0.346 e. The van der Waals surface area contributed by atoms with Crippen LogP contribution >= 0.6 is 11.3 Å². The Labute approximate surface area is 200 Å². The summed E-state index contributed by atoms with van der Waals surface area (Å²) in [6, 6.07) is 17.5. The Hall–Kier alpha value is -4.43. The van der Waals surface area contributed by atoms with Gasteiger partial charge in [0.05, 0.1) is 17.9 Å². The number of pyridine rings is 2. The third kappa shape index (κ3) is 4.97. The van der Waals surface area contributed by atoms with Gasteiger partial charge in [-0.15, -0.1) is 11.3 Å². The highest BCUT2D eigenvalue weighted by molar-refractivity contribution is 7.09. The van der Waals surface area contributed by atoms with Crippen molar-refractivity contribution in [2.24, 2.45) is 0 Å². The number of nitrogens with zero attached hydrogens (tertiary/aromatic N) is 5. The first kappa shape index (κ1) is 21.4. The lowest BCUT2D eigenvalue weighted by Crippen LogP contribution is -2.20. The second-order valence-electron chi connectivity index (χ2n) is 7.37. The van der Waals surface area contributed by atoms with Crippen LogP contribution in [-0.4, -0.2) is 30.6 Å². The molecular weight excluding hydrogens is 444 g/mol. The van der Waals surface area contributed by atoms with Crippen LogP contribution < -0.4 is 5.32 Å². The topological polar surface area (TPSA) is 85.6 Å². The second-order valence-corrected chi connectivity index (χ2v) is 8.31. The molecule has 166 valence electrons.